The Hall–Kier alpha value is -3.02. The summed E-state index contributed by atoms with van der Waals surface area (Å²) in [6.45, 7) is 3.24. The molecule has 6 heteroatoms. The van der Waals surface area contributed by atoms with E-state index in [1.807, 2.05) is 36.1 Å². The number of anilines is 1. The molecule has 1 aliphatic rings. The number of hydrogen-bond acceptors (Lipinski definition) is 4. The number of ether oxygens (including phenoxy) is 2. The highest BCUT2D eigenvalue weighted by molar-refractivity contribution is 5.93. The predicted molar refractivity (Wildman–Crippen MR) is 112 cm³/mol. The molecule has 0 unspecified atom stereocenters. The first-order chi connectivity index (χ1) is 14.0. The lowest BCUT2D eigenvalue weighted by Gasteiger charge is -2.31. The standard InChI is InChI=1S/C23H28N2O4/c1-16-5-4-6-17(13-16)14-22(26)25-11-9-18(10-12-25)23(27)24-19-7-8-20(28-2)21(15-19)29-3/h4-8,13,15,18H,9-12,14H2,1-3H3,(H,24,27). The molecule has 2 amide bonds. The molecular formula is C23H28N2O4. The zero-order chi connectivity index (χ0) is 20.8. The van der Waals surface area contributed by atoms with Gasteiger partial charge in [-0.3, -0.25) is 9.59 Å². The van der Waals surface area contributed by atoms with Crippen LogP contribution in [0.3, 0.4) is 0 Å². The van der Waals surface area contributed by atoms with Gasteiger partial charge in [0.25, 0.3) is 0 Å². The highest BCUT2D eigenvalue weighted by atomic mass is 16.5. The summed E-state index contributed by atoms with van der Waals surface area (Å²) in [4.78, 5) is 27.1. The van der Waals surface area contributed by atoms with E-state index in [0.717, 1.165) is 11.1 Å². The van der Waals surface area contributed by atoms with E-state index < -0.39 is 0 Å². The van der Waals surface area contributed by atoms with Gasteiger partial charge in [-0.2, -0.15) is 0 Å². The fourth-order valence-electron chi connectivity index (χ4n) is 3.66. The van der Waals surface area contributed by atoms with Crippen molar-refractivity contribution >= 4 is 17.5 Å². The van der Waals surface area contributed by atoms with E-state index in [-0.39, 0.29) is 17.7 Å². The van der Waals surface area contributed by atoms with Crippen LogP contribution in [0.25, 0.3) is 0 Å². The van der Waals surface area contributed by atoms with E-state index in [1.54, 1.807) is 32.4 Å². The van der Waals surface area contributed by atoms with Gasteiger partial charge in [0.05, 0.1) is 20.6 Å². The molecule has 1 N–H and O–H groups in total. The van der Waals surface area contributed by atoms with E-state index in [2.05, 4.69) is 5.32 Å². The minimum atomic E-state index is -0.105. The summed E-state index contributed by atoms with van der Waals surface area (Å²) in [5.41, 5.74) is 2.86. The van der Waals surface area contributed by atoms with Crippen molar-refractivity contribution in [1.82, 2.24) is 4.90 Å². The maximum atomic E-state index is 12.6. The molecule has 0 bridgehead atoms. The van der Waals surface area contributed by atoms with Gasteiger partial charge in [0.15, 0.2) is 11.5 Å². The number of aryl methyl sites for hydroxylation is 1. The Morgan fingerprint density at radius 2 is 1.76 bits per heavy atom. The molecule has 1 aliphatic heterocycles. The molecule has 29 heavy (non-hydrogen) atoms. The number of hydrogen-bond donors (Lipinski definition) is 1. The van der Waals surface area contributed by atoms with E-state index >= 15 is 0 Å². The van der Waals surface area contributed by atoms with Crippen molar-refractivity contribution < 1.29 is 19.1 Å². The second kappa shape index (κ2) is 9.45. The van der Waals surface area contributed by atoms with Crippen LogP contribution in [-0.4, -0.2) is 44.0 Å². The van der Waals surface area contributed by atoms with Crippen molar-refractivity contribution in [3.63, 3.8) is 0 Å². The highest BCUT2D eigenvalue weighted by Crippen LogP contribution is 2.30. The van der Waals surface area contributed by atoms with Gasteiger partial charge in [0.2, 0.25) is 11.8 Å². The summed E-state index contributed by atoms with van der Waals surface area (Å²) >= 11 is 0. The number of rotatable bonds is 6. The van der Waals surface area contributed by atoms with Crippen molar-refractivity contribution in [1.29, 1.82) is 0 Å². The number of amides is 2. The minimum Gasteiger partial charge on any atom is -0.493 e. The lowest BCUT2D eigenvalue weighted by atomic mass is 9.95. The number of carbonyl (C=O) groups excluding carboxylic acids is 2. The van der Waals surface area contributed by atoms with Crippen molar-refractivity contribution in [3.05, 3.63) is 53.6 Å². The molecule has 0 saturated carbocycles. The lowest BCUT2D eigenvalue weighted by Crippen LogP contribution is -2.42. The molecule has 1 heterocycles. The topological polar surface area (TPSA) is 67.9 Å². The van der Waals surface area contributed by atoms with Gasteiger partial charge >= 0.3 is 0 Å². The third-order valence-corrected chi connectivity index (χ3v) is 5.31. The van der Waals surface area contributed by atoms with E-state index in [1.165, 1.54) is 0 Å². The second-order valence-corrected chi connectivity index (χ2v) is 7.38. The number of likely N-dealkylation sites (tertiary alicyclic amines) is 1. The van der Waals surface area contributed by atoms with Gasteiger partial charge in [0, 0.05) is 30.8 Å². The van der Waals surface area contributed by atoms with Gasteiger partial charge in [-0.25, -0.2) is 0 Å². The number of methoxy groups -OCH3 is 2. The first-order valence-corrected chi connectivity index (χ1v) is 9.86. The molecule has 0 spiro atoms. The third kappa shape index (κ3) is 5.28. The Labute approximate surface area is 171 Å². The Kier molecular flexibility index (Phi) is 6.75. The number of piperidine rings is 1. The van der Waals surface area contributed by atoms with Gasteiger partial charge < -0.3 is 19.7 Å². The molecular weight excluding hydrogens is 368 g/mol. The van der Waals surface area contributed by atoms with Crippen LogP contribution in [0.5, 0.6) is 11.5 Å². The van der Waals surface area contributed by atoms with Gasteiger partial charge in [-0.15, -0.1) is 0 Å². The van der Waals surface area contributed by atoms with Crippen LogP contribution < -0.4 is 14.8 Å². The molecule has 0 radical (unpaired) electrons. The lowest BCUT2D eigenvalue weighted by molar-refractivity contribution is -0.133. The molecule has 2 aromatic carbocycles. The summed E-state index contributed by atoms with van der Waals surface area (Å²) in [5.74, 6) is 1.18. The van der Waals surface area contributed by atoms with Gasteiger partial charge in [-0.05, 0) is 37.5 Å². The first-order valence-electron chi connectivity index (χ1n) is 9.86. The number of carbonyl (C=O) groups is 2. The number of nitrogens with zero attached hydrogens (tertiary/aromatic N) is 1. The Bertz CT molecular complexity index is 873. The molecule has 1 saturated heterocycles. The van der Waals surface area contributed by atoms with Crippen molar-refractivity contribution in [3.8, 4) is 11.5 Å². The normalized spacial score (nSPS) is 14.4. The molecule has 0 aromatic heterocycles. The number of benzene rings is 2. The highest BCUT2D eigenvalue weighted by Gasteiger charge is 2.27. The second-order valence-electron chi connectivity index (χ2n) is 7.38. The van der Waals surface area contributed by atoms with Crippen molar-refractivity contribution in [2.45, 2.75) is 26.2 Å². The quantitative estimate of drug-likeness (QED) is 0.812. The molecule has 6 nitrogen and oxygen atoms in total. The largest absolute Gasteiger partial charge is 0.493 e. The summed E-state index contributed by atoms with van der Waals surface area (Å²) in [5, 5.41) is 2.95. The zero-order valence-corrected chi connectivity index (χ0v) is 17.2. The smallest absolute Gasteiger partial charge is 0.227 e. The maximum absolute atomic E-state index is 12.6. The van der Waals surface area contributed by atoms with Crippen molar-refractivity contribution in [2.24, 2.45) is 5.92 Å². The van der Waals surface area contributed by atoms with Crippen LogP contribution in [0.2, 0.25) is 0 Å². The van der Waals surface area contributed by atoms with E-state index in [9.17, 15) is 9.59 Å². The zero-order valence-electron chi connectivity index (χ0n) is 17.2. The monoisotopic (exact) mass is 396 g/mol. The molecule has 2 aromatic rings. The van der Waals surface area contributed by atoms with Crippen LogP contribution in [0.15, 0.2) is 42.5 Å². The maximum Gasteiger partial charge on any atom is 0.227 e. The molecule has 154 valence electrons. The summed E-state index contributed by atoms with van der Waals surface area (Å²) < 4.78 is 10.5. The van der Waals surface area contributed by atoms with Crippen molar-refractivity contribution in [2.75, 3.05) is 32.6 Å². The Balaban J connectivity index is 1.52. The fourth-order valence-corrected chi connectivity index (χ4v) is 3.66. The molecule has 1 fully saturated rings. The van der Waals surface area contributed by atoms with Crippen LogP contribution >= 0.6 is 0 Å². The van der Waals surface area contributed by atoms with E-state index in [4.69, 9.17) is 9.47 Å². The SMILES string of the molecule is COc1ccc(NC(=O)C2CCN(C(=O)Cc3cccc(C)c3)CC2)cc1OC. The predicted octanol–water partition coefficient (Wildman–Crippen LogP) is 3.43. The van der Waals surface area contributed by atoms with Gasteiger partial charge in [-0.1, -0.05) is 29.8 Å². The van der Waals surface area contributed by atoms with Crippen LogP contribution in [0.1, 0.15) is 24.0 Å². The van der Waals surface area contributed by atoms with E-state index in [0.29, 0.717) is 49.5 Å². The molecule has 3 rings (SSSR count). The average molecular weight is 396 g/mol. The minimum absolute atomic E-state index is 0.0250. The summed E-state index contributed by atoms with van der Waals surface area (Å²) in [7, 11) is 3.14. The average Bonchev–Trinajstić information content (AvgIpc) is 2.73. The first kappa shape index (κ1) is 20.7. The number of nitrogens with one attached hydrogen (secondary N) is 1. The van der Waals surface area contributed by atoms with Gasteiger partial charge in [0.1, 0.15) is 0 Å². The summed E-state index contributed by atoms with van der Waals surface area (Å²) in [6, 6.07) is 13.3. The van der Waals surface area contributed by atoms with Crippen LogP contribution in [-0.2, 0) is 16.0 Å². The Morgan fingerprint density at radius 3 is 2.41 bits per heavy atom. The third-order valence-electron chi connectivity index (χ3n) is 5.31. The Morgan fingerprint density at radius 1 is 1.03 bits per heavy atom. The fraction of sp³-hybridized carbons (Fsp3) is 0.391. The summed E-state index contributed by atoms with van der Waals surface area (Å²) in [6.07, 6.45) is 1.74. The van der Waals surface area contributed by atoms with Crippen LogP contribution in [0.4, 0.5) is 5.69 Å². The molecule has 0 aliphatic carbocycles. The molecule has 0 atom stereocenters. The van der Waals surface area contributed by atoms with Crippen LogP contribution in [0, 0.1) is 12.8 Å².